The van der Waals surface area contributed by atoms with E-state index in [1.54, 1.807) is 6.07 Å². The fourth-order valence-corrected chi connectivity index (χ4v) is 3.47. The lowest BCUT2D eigenvalue weighted by atomic mass is 9.95. The van der Waals surface area contributed by atoms with E-state index in [0.29, 0.717) is 0 Å². The number of aromatic nitrogens is 2. The van der Waals surface area contributed by atoms with Crippen LogP contribution in [0.2, 0.25) is 0 Å². The summed E-state index contributed by atoms with van der Waals surface area (Å²) in [7, 11) is 0. The second-order valence-corrected chi connectivity index (χ2v) is 6.70. The standard InChI is InChI=1S/C20H18N4O3/c1-10(19(21)26)8-24-9-15-13(4-6-17(25)18(15)20(24)27)12-3-5-16-14(7-12)11(2)22-23-16/h3-7,25H,1,8-9H2,2H3,(H2,21,26)(H,22,23). The Morgan fingerprint density at radius 1 is 1.37 bits per heavy atom. The molecule has 0 spiro atoms. The average Bonchev–Trinajstić information content (AvgIpc) is 3.16. The summed E-state index contributed by atoms with van der Waals surface area (Å²) < 4.78 is 0. The molecular weight excluding hydrogens is 344 g/mol. The van der Waals surface area contributed by atoms with Crippen molar-refractivity contribution in [3.63, 3.8) is 0 Å². The number of fused-ring (bicyclic) bond motifs is 2. The number of primary amides is 1. The maximum absolute atomic E-state index is 12.7. The lowest BCUT2D eigenvalue weighted by Gasteiger charge is -2.15. The van der Waals surface area contributed by atoms with Crippen molar-refractivity contribution < 1.29 is 14.7 Å². The number of carbonyl (C=O) groups excluding carboxylic acids is 2. The number of hydrogen-bond donors (Lipinski definition) is 3. The van der Waals surface area contributed by atoms with E-state index in [9.17, 15) is 14.7 Å². The van der Waals surface area contributed by atoms with Crippen LogP contribution in [0.4, 0.5) is 0 Å². The molecule has 2 aromatic carbocycles. The van der Waals surface area contributed by atoms with Crippen molar-refractivity contribution in [2.45, 2.75) is 13.5 Å². The number of rotatable bonds is 4. The summed E-state index contributed by atoms with van der Waals surface area (Å²) in [6.07, 6.45) is 0. The minimum atomic E-state index is -0.649. The van der Waals surface area contributed by atoms with Gasteiger partial charge in [0.2, 0.25) is 5.91 Å². The quantitative estimate of drug-likeness (QED) is 0.618. The second kappa shape index (κ2) is 5.98. The van der Waals surface area contributed by atoms with E-state index in [4.69, 9.17) is 5.73 Å². The Labute approximate surface area is 155 Å². The highest BCUT2D eigenvalue weighted by atomic mass is 16.3. The van der Waals surface area contributed by atoms with Gasteiger partial charge in [-0.25, -0.2) is 0 Å². The molecule has 7 heteroatoms. The number of H-pyrrole nitrogens is 1. The minimum absolute atomic E-state index is 0.0294. The maximum Gasteiger partial charge on any atom is 0.258 e. The summed E-state index contributed by atoms with van der Waals surface area (Å²) >= 11 is 0. The minimum Gasteiger partial charge on any atom is -0.507 e. The Balaban J connectivity index is 1.79. The van der Waals surface area contributed by atoms with E-state index in [1.165, 1.54) is 11.0 Å². The molecule has 4 N–H and O–H groups in total. The number of aromatic hydroxyl groups is 1. The van der Waals surface area contributed by atoms with Gasteiger partial charge in [-0.1, -0.05) is 18.7 Å². The van der Waals surface area contributed by atoms with Gasteiger partial charge in [-0.05, 0) is 41.8 Å². The normalized spacial score (nSPS) is 13.2. The van der Waals surface area contributed by atoms with Gasteiger partial charge >= 0.3 is 0 Å². The number of nitrogens with two attached hydrogens (primary N) is 1. The predicted octanol–water partition coefficient (Wildman–Crippen LogP) is 2.24. The molecule has 2 heterocycles. The van der Waals surface area contributed by atoms with E-state index in [-0.39, 0.29) is 35.9 Å². The highest BCUT2D eigenvalue weighted by Gasteiger charge is 2.33. The van der Waals surface area contributed by atoms with Crippen LogP contribution >= 0.6 is 0 Å². The highest BCUT2D eigenvalue weighted by molar-refractivity contribution is 6.04. The second-order valence-electron chi connectivity index (χ2n) is 6.70. The number of aromatic amines is 1. The molecule has 1 aliphatic heterocycles. The van der Waals surface area contributed by atoms with Gasteiger partial charge in [-0.2, -0.15) is 5.10 Å². The van der Waals surface area contributed by atoms with Gasteiger partial charge < -0.3 is 15.7 Å². The first-order valence-electron chi connectivity index (χ1n) is 8.43. The molecule has 1 aliphatic rings. The molecular formula is C20H18N4O3. The maximum atomic E-state index is 12.7. The number of nitrogens with zero attached hydrogens (tertiary/aromatic N) is 2. The fourth-order valence-electron chi connectivity index (χ4n) is 3.47. The molecule has 0 saturated carbocycles. The van der Waals surface area contributed by atoms with Gasteiger partial charge in [0.05, 0.1) is 17.6 Å². The van der Waals surface area contributed by atoms with Crippen LogP contribution in [0.3, 0.4) is 0 Å². The third-order valence-corrected chi connectivity index (χ3v) is 4.93. The van der Waals surface area contributed by atoms with E-state index in [0.717, 1.165) is 33.3 Å². The number of benzene rings is 2. The van der Waals surface area contributed by atoms with Crippen molar-refractivity contribution in [1.82, 2.24) is 15.1 Å². The SMILES string of the molecule is C=C(CN1Cc2c(-c3ccc4n[nH]c(C)c4c3)ccc(O)c2C1=O)C(N)=O. The van der Waals surface area contributed by atoms with E-state index >= 15 is 0 Å². The van der Waals surface area contributed by atoms with Gasteiger partial charge in [0.1, 0.15) is 5.75 Å². The van der Waals surface area contributed by atoms with Crippen LogP contribution in [0.5, 0.6) is 5.75 Å². The number of hydrogen-bond acceptors (Lipinski definition) is 4. The van der Waals surface area contributed by atoms with Crippen molar-refractivity contribution >= 4 is 22.7 Å². The van der Waals surface area contributed by atoms with Crippen molar-refractivity contribution in [3.8, 4) is 16.9 Å². The highest BCUT2D eigenvalue weighted by Crippen LogP contribution is 2.38. The Hall–Kier alpha value is -3.61. The summed E-state index contributed by atoms with van der Waals surface area (Å²) in [5.41, 5.74) is 9.96. The van der Waals surface area contributed by atoms with Crippen molar-refractivity contribution in [2.24, 2.45) is 5.73 Å². The first-order chi connectivity index (χ1) is 12.9. The third-order valence-electron chi connectivity index (χ3n) is 4.93. The molecule has 0 aliphatic carbocycles. The van der Waals surface area contributed by atoms with Crippen LogP contribution in [0.15, 0.2) is 42.5 Å². The van der Waals surface area contributed by atoms with Crippen LogP contribution in [0.1, 0.15) is 21.6 Å². The largest absolute Gasteiger partial charge is 0.507 e. The van der Waals surface area contributed by atoms with Crippen LogP contribution in [-0.4, -0.2) is 38.6 Å². The van der Waals surface area contributed by atoms with E-state index in [2.05, 4.69) is 16.8 Å². The molecule has 0 radical (unpaired) electrons. The molecule has 1 aromatic heterocycles. The Kier molecular flexibility index (Phi) is 3.73. The Morgan fingerprint density at radius 2 is 2.15 bits per heavy atom. The van der Waals surface area contributed by atoms with Gasteiger partial charge in [0.15, 0.2) is 0 Å². The zero-order valence-electron chi connectivity index (χ0n) is 14.7. The molecule has 0 atom stereocenters. The van der Waals surface area contributed by atoms with Gasteiger partial charge in [-0.15, -0.1) is 0 Å². The molecule has 2 amide bonds. The third kappa shape index (κ3) is 2.64. The number of phenolic OH excluding ortho intramolecular Hbond substituents is 1. The molecule has 136 valence electrons. The van der Waals surface area contributed by atoms with Crippen LogP contribution < -0.4 is 5.73 Å². The first kappa shape index (κ1) is 16.8. The smallest absolute Gasteiger partial charge is 0.258 e. The monoisotopic (exact) mass is 362 g/mol. The number of phenols is 1. The fraction of sp³-hybridized carbons (Fsp3) is 0.150. The average molecular weight is 362 g/mol. The summed E-state index contributed by atoms with van der Waals surface area (Å²) in [5, 5.41) is 18.4. The molecule has 0 unspecified atom stereocenters. The van der Waals surface area contributed by atoms with Crippen molar-refractivity contribution in [1.29, 1.82) is 0 Å². The van der Waals surface area contributed by atoms with Gasteiger partial charge in [0, 0.05) is 23.2 Å². The van der Waals surface area contributed by atoms with Crippen LogP contribution in [-0.2, 0) is 11.3 Å². The molecule has 0 fully saturated rings. The lowest BCUT2D eigenvalue weighted by molar-refractivity contribution is -0.114. The molecule has 0 saturated heterocycles. The van der Waals surface area contributed by atoms with Crippen molar-refractivity contribution in [3.05, 3.63) is 59.3 Å². The molecule has 4 rings (SSSR count). The first-order valence-corrected chi connectivity index (χ1v) is 8.43. The topological polar surface area (TPSA) is 112 Å². The zero-order chi connectivity index (χ0) is 19.3. The van der Waals surface area contributed by atoms with Gasteiger partial charge in [-0.3, -0.25) is 14.7 Å². The molecule has 0 bridgehead atoms. The van der Waals surface area contributed by atoms with Crippen LogP contribution in [0, 0.1) is 6.92 Å². The van der Waals surface area contributed by atoms with Crippen molar-refractivity contribution in [2.75, 3.05) is 6.54 Å². The summed E-state index contributed by atoms with van der Waals surface area (Å²) in [5.74, 6) is -1.07. The Morgan fingerprint density at radius 3 is 2.89 bits per heavy atom. The summed E-state index contributed by atoms with van der Waals surface area (Å²) in [4.78, 5) is 25.5. The zero-order valence-corrected chi connectivity index (χ0v) is 14.7. The lowest BCUT2D eigenvalue weighted by Crippen LogP contribution is -2.30. The predicted molar refractivity (Wildman–Crippen MR) is 101 cm³/mol. The number of amides is 2. The number of carbonyl (C=O) groups is 2. The number of nitrogens with one attached hydrogen (secondary N) is 1. The van der Waals surface area contributed by atoms with Crippen LogP contribution in [0.25, 0.3) is 22.0 Å². The molecule has 3 aromatic rings. The van der Waals surface area contributed by atoms with Gasteiger partial charge in [0.25, 0.3) is 5.91 Å². The summed E-state index contributed by atoms with van der Waals surface area (Å²) in [6.45, 7) is 5.86. The molecule has 7 nitrogen and oxygen atoms in total. The van der Waals surface area contributed by atoms with E-state index in [1.807, 2.05) is 25.1 Å². The Bertz CT molecular complexity index is 1130. The van der Waals surface area contributed by atoms with E-state index < -0.39 is 5.91 Å². The summed E-state index contributed by atoms with van der Waals surface area (Å²) in [6, 6.07) is 9.17. The molecule has 27 heavy (non-hydrogen) atoms. The number of aryl methyl sites for hydroxylation is 1.